The minimum Gasteiger partial charge on any atom is -0.493 e. The molecule has 21 heavy (non-hydrogen) atoms. The molecule has 0 heterocycles. The van der Waals surface area contributed by atoms with Crippen molar-refractivity contribution in [2.45, 2.75) is 25.3 Å². The number of benzene rings is 1. The molecule has 6 heteroatoms. The van der Waals surface area contributed by atoms with E-state index in [1.165, 1.54) is 0 Å². The van der Waals surface area contributed by atoms with E-state index in [1.54, 1.807) is 23.9 Å². The van der Waals surface area contributed by atoms with E-state index in [1.807, 2.05) is 18.4 Å². The topological polar surface area (TPSA) is 88.1 Å². The Morgan fingerprint density at radius 2 is 2.38 bits per heavy atom. The third kappa shape index (κ3) is 7.02. The van der Waals surface area contributed by atoms with Gasteiger partial charge in [0.15, 0.2) is 0 Å². The first-order valence-electron chi connectivity index (χ1n) is 6.82. The Bertz CT molecular complexity index is 488. The van der Waals surface area contributed by atoms with Crippen molar-refractivity contribution in [1.29, 1.82) is 5.26 Å². The number of nitrogens with one attached hydrogen (secondary N) is 1. The summed E-state index contributed by atoms with van der Waals surface area (Å²) < 4.78 is 5.52. The molecule has 0 fully saturated rings. The standard InChI is InChI=1S/C15H21N3O2S/c1-21-10-7-14(17)15(19)18-12-5-4-6-13(11-12)20-9-3-2-8-16/h4-6,11,14H,2-3,7,9-10,17H2,1H3,(H,18,19)/t14-/m1/s1. The summed E-state index contributed by atoms with van der Waals surface area (Å²) in [6.07, 6.45) is 3.79. The van der Waals surface area contributed by atoms with Crippen molar-refractivity contribution in [1.82, 2.24) is 0 Å². The van der Waals surface area contributed by atoms with Crippen LogP contribution in [0, 0.1) is 11.3 Å². The molecule has 3 N–H and O–H groups in total. The third-order valence-corrected chi connectivity index (χ3v) is 3.42. The normalized spacial score (nSPS) is 11.5. The van der Waals surface area contributed by atoms with Crippen LogP contribution >= 0.6 is 11.8 Å². The van der Waals surface area contributed by atoms with Gasteiger partial charge in [-0.1, -0.05) is 6.07 Å². The highest BCUT2D eigenvalue weighted by Crippen LogP contribution is 2.18. The van der Waals surface area contributed by atoms with Crippen LogP contribution in [0.1, 0.15) is 19.3 Å². The minimum atomic E-state index is -0.502. The first-order chi connectivity index (χ1) is 10.2. The first-order valence-corrected chi connectivity index (χ1v) is 8.22. The van der Waals surface area contributed by atoms with E-state index < -0.39 is 6.04 Å². The average Bonchev–Trinajstić information content (AvgIpc) is 2.49. The molecule has 0 aliphatic carbocycles. The fraction of sp³-hybridized carbons (Fsp3) is 0.467. The highest BCUT2D eigenvalue weighted by molar-refractivity contribution is 7.98. The van der Waals surface area contributed by atoms with E-state index >= 15 is 0 Å². The van der Waals surface area contributed by atoms with Gasteiger partial charge in [-0.2, -0.15) is 17.0 Å². The maximum atomic E-state index is 11.9. The van der Waals surface area contributed by atoms with E-state index in [-0.39, 0.29) is 5.91 Å². The maximum Gasteiger partial charge on any atom is 0.241 e. The number of ether oxygens (including phenoxy) is 1. The molecular weight excluding hydrogens is 286 g/mol. The molecule has 0 unspecified atom stereocenters. The smallest absolute Gasteiger partial charge is 0.241 e. The van der Waals surface area contributed by atoms with Gasteiger partial charge in [0.05, 0.1) is 18.7 Å². The Labute approximate surface area is 129 Å². The van der Waals surface area contributed by atoms with Crippen LogP contribution in [-0.2, 0) is 4.79 Å². The second kappa shape index (κ2) is 10.1. The first kappa shape index (κ1) is 17.3. The number of hydrogen-bond donors (Lipinski definition) is 2. The maximum absolute atomic E-state index is 11.9. The molecule has 0 radical (unpaired) electrons. The van der Waals surface area contributed by atoms with Gasteiger partial charge in [0.1, 0.15) is 5.75 Å². The summed E-state index contributed by atoms with van der Waals surface area (Å²) in [6, 6.07) is 8.74. The highest BCUT2D eigenvalue weighted by atomic mass is 32.2. The van der Waals surface area contributed by atoms with Crippen molar-refractivity contribution < 1.29 is 9.53 Å². The molecule has 1 aromatic rings. The predicted octanol–water partition coefficient (Wildman–Crippen LogP) is 2.39. The molecule has 0 bridgehead atoms. The summed E-state index contributed by atoms with van der Waals surface area (Å²) in [5, 5.41) is 11.2. The number of nitriles is 1. The van der Waals surface area contributed by atoms with Crippen molar-refractivity contribution >= 4 is 23.4 Å². The molecule has 0 spiro atoms. The molecule has 0 saturated carbocycles. The fourth-order valence-corrected chi connectivity index (χ4v) is 2.11. The van der Waals surface area contributed by atoms with Crippen molar-refractivity contribution in [3.63, 3.8) is 0 Å². The molecule has 0 aliphatic rings. The number of nitrogens with zero attached hydrogens (tertiary/aromatic N) is 1. The highest BCUT2D eigenvalue weighted by Gasteiger charge is 2.13. The van der Waals surface area contributed by atoms with Crippen molar-refractivity contribution in [2.24, 2.45) is 5.73 Å². The predicted molar refractivity (Wildman–Crippen MR) is 86.4 cm³/mol. The largest absolute Gasteiger partial charge is 0.493 e. The van der Waals surface area contributed by atoms with Gasteiger partial charge >= 0.3 is 0 Å². The number of thioether (sulfide) groups is 1. The second-order valence-corrected chi connectivity index (χ2v) is 5.50. The summed E-state index contributed by atoms with van der Waals surface area (Å²) in [5.41, 5.74) is 6.48. The van der Waals surface area contributed by atoms with Crippen LogP contribution in [0.3, 0.4) is 0 Å². The molecule has 1 rings (SSSR count). The summed E-state index contributed by atoms with van der Waals surface area (Å²) in [7, 11) is 0. The quantitative estimate of drug-likeness (QED) is 0.684. The number of carbonyl (C=O) groups excluding carboxylic acids is 1. The Kier molecular flexibility index (Phi) is 8.32. The van der Waals surface area contributed by atoms with Crippen LogP contribution in [0.5, 0.6) is 5.75 Å². The Hall–Kier alpha value is -1.71. The number of anilines is 1. The summed E-state index contributed by atoms with van der Waals surface area (Å²) in [5.74, 6) is 1.34. The summed E-state index contributed by atoms with van der Waals surface area (Å²) in [4.78, 5) is 11.9. The zero-order chi connectivity index (χ0) is 15.5. The molecule has 1 atom stereocenters. The molecule has 0 aliphatic heterocycles. The number of carbonyl (C=O) groups is 1. The van der Waals surface area contributed by atoms with Gasteiger partial charge in [-0.05, 0) is 37.0 Å². The zero-order valence-electron chi connectivity index (χ0n) is 12.2. The van der Waals surface area contributed by atoms with Gasteiger partial charge < -0.3 is 15.8 Å². The molecule has 0 saturated heterocycles. The minimum absolute atomic E-state index is 0.189. The number of nitrogens with two attached hydrogens (primary N) is 1. The monoisotopic (exact) mass is 307 g/mol. The lowest BCUT2D eigenvalue weighted by Crippen LogP contribution is -2.36. The third-order valence-electron chi connectivity index (χ3n) is 2.77. The van der Waals surface area contributed by atoms with E-state index in [0.29, 0.717) is 37.3 Å². The van der Waals surface area contributed by atoms with Crippen LogP contribution in [-0.4, -0.2) is 30.6 Å². The molecular formula is C15H21N3O2S. The lowest BCUT2D eigenvalue weighted by molar-refractivity contribution is -0.117. The van der Waals surface area contributed by atoms with Crippen molar-refractivity contribution in [3.8, 4) is 11.8 Å². The van der Waals surface area contributed by atoms with Gasteiger partial charge in [0.2, 0.25) is 5.91 Å². The zero-order valence-corrected chi connectivity index (χ0v) is 13.0. The molecule has 1 aromatic carbocycles. The van der Waals surface area contributed by atoms with E-state index in [9.17, 15) is 4.79 Å². The van der Waals surface area contributed by atoms with E-state index in [0.717, 1.165) is 5.75 Å². The van der Waals surface area contributed by atoms with Gasteiger partial charge in [-0.3, -0.25) is 4.79 Å². The van der Waals surface area contributed by atoms with E-state index in [4.69, 9.17) is 15.7 Å². The van der Waals surface area contributed by atoms with Gasteiger partial charge in [0, 0.05) is 18.2 Å². The fourth-order valence-electron chi connectivity index (χ4n) is 1.62. The molecule has 1 amide bonds. The van der Waals surface area contributed by atoms with Crippen LogP contribution in [0.15, 0.2) is 24.3 Å². The SMILES string of the molecule is CSCC[C@@H](N)C(=O)Nc1cccc(OCCCC#N)c1. The van der Waals surface area contributed by atoms with Crippen LogP contribution in [0.25, 0.3) is 0 Å². The molecule has 0 aromatic heterocycles. The Balaban J connectivity index is 2.48. The van der Waals surface area contributed by atoms with Gasteiger partial charge in [0.25, 0.3) is 0 Å². The summed E-state index contributed by atoms with van der Waals surface area (Å²) >= 11 is 1.67. The lowest BCUT2D eigenvalue weighted by atomic mass is 10.2. The van der Waals surface area contributed by atoms with Crippen LogP contribution in [0.4, 0.5) is 5.69 Å². The van der Waals surface area contributed by atoms with Crippen LogP contribution in [0.2, 0.25) is 0 Å². The van der Waals surface area contributed by atoms with E-state index in [2.05, 4.69) is 11.4 Å². The van der Waals surface area contributed by atoms with Crippen molar-refractivity contribution in [3.05, 3.63) is 24.3 Å². The van der Waals surface area contributed by atoms with Crippen molar-refractivity contribution in [2.75, 3.05) is 23.9 Å². The number of unbranched alkanes of at least 4 members (excludes halogenated alkanes) is 1. The van der Waals surface area contributed by atoms with Gasteiger partial charge in [-0.15, -0.1) is 0 Å². The average molecular weight is 307 g/mol. The lowest BCUT2D eigenvalue weighted by Gasteiger charge is -2.12. The molecule has 5 nitrogen and oxygen atoms in total. The molecule has 114 valence electrons. The second-order valence-electron chi connectivity index (χ2n) is 4.52. The number of hydrogen-bond acceptors (Lipinski definition) is 5. The number of amides is 1. The van der Waals surface area contributed by atoms with Gasteiger partial charge in [-0.25, -0.2) is 0 Å². The summed E-state index contributed by atoms with van der Waals surface area (Å²) in [6.45, 7) is 0.484. The van der Waals surface area contributed by atoms with Crippen LogP contribution < -0.4 is 15.8 Å². The number of rotatable bonds is 9. The Morgan fingerprint density at radius 3 is 3.10 bits per heavy atom. The Morgan fingerprint density at radius 1 is 1.57 bits per heavy atom.